The van der Waals surface area contributed by atoms with Crippen LogP contribution in [0, 0.1) is 0 Å². The molecule has 0 saturated carbocycles. The van der Waals surface area contributed by atoms with Gasteiger partial charge in [0.1, 0.15) is 11.8 Å². The van der Waals surface area contributed by atoms with Crippen molar-refractivity contribution in [2.75, 3.05) is 13.7 Å². The van der Waals surface area contributed by atoms with Gasteiger partial charge in [-0.05, 0) is 53.9 Å². The van der Waals surface area contributed by atoms with Crippen molar-refractivity contribution in [2.45, 2.75) is 25.4 Å². The number of nitrogens with one attached hydrogen (secondary N) is 1. The van der Waals surface area contributed by atoms with Gasteiger partial charge in [-0.15, -0.1) is 0 Å². The summed E-state index contributed by atoms with van der Waals surface area (Å²) in [7, 11) is -2.16. The smallest absolute Gasteiger partial charge is 0.303 e. The minimum atomic E-state index is -3.72. The molecule has 2 N–H and O–H groups in total. The Morgan fingerprint density at radius 3 is 2.52 bits per heavy atom. The zero-order valence-electron chi connectivity index (χ0n) is 18.3. The fourth-order valence-corrected chi connectivity index (χ4v) is 6.33. The molecule has 1 aliphatic heterocycles. The van der Waals surface area contributed by atoms with Crippen molar-refractivity contribution in [2.24, 2.45) is 0 Å². The second-order valence-electron chi connectivity index (χ2n) is 7.68. The zero-order chi connectivity index (χ0) is 23.3. The first-order valence-corrected chi connectivity index (χ1v) is 12.2. The van der Waals surface area contributed by atoms with Crippen molar-refractivity contribution >= 4 is 18.7 Å². The highest BCUT2D eigenvalue weighted by Gasteiger charge is 2.44. The van der Waals surface area contributed by atoms with Crippen LogP contribution in [-0.4, -0.2) is 40.5 Å². The van der Waals surface area contributed by atoms with E-state index in [1.54, 1.807) is 47.7 Å². The van der Waals surface area contributed by atoms with Gasteiger partial charge in [0.15, 0.2) is 0 Å². The molecule has 9 heteroatoms. The van der Waals surface area contributed by atoms with Crippen LogP contribution in [0.15, 0.2) is 72.9 Å². The average molecular weight is 467 g/mol. The number of methoxy groups -OCH3 is 1. The van der Waals surface area contributed by atoms with E-state index in [-0.39, 0.29) is 13.2 Å². The van der Waals surface area contributed by atoms with Crippen LogP contribution in [0.1, 0.15) is 16.8 Å². The second kappa shape index (κ2) is 10.3. The SMILES string of the molecule is COc1ccc(P(=O)(OCCc2ccccn2)N2Cc3ccccc3C[C@@H]2C(=O)NO)cc1. The van der Waals surface area contributed by atoms with E-state index < -0.39 is 19.5 Å². The van der Waals surface area contributed by atoms with E-state index in [0.29, 0.717) is 23.9 Å². The summed E-state index contributed by atoms with van der Waals surface area (Å²) in [5, 5.41) is 9.84. The van der Waals surface area contributed by atoms with Gasteiger partial charge in [-0.2, -0.15) is 0 Å². The molecule has 2 atom stereocenters. The van der Waals surface area contributed by atoms with E-state index in [1.807, 2.05) is 42.5 Å². The van der Waals surface area contributed by atoms with Crippen LogP contribution < -0.4 is 15.5 Å². The number of hydrogen-bond donors (Lipinski definition) is 2. The lowest BCUT2D eigenvalue weighted by Gasteiger charge is -2.39. The van der Waals surface area contributed by atoms with E-state index in [1.165, 1.54) is 0 Å². The highest BCUT2D eigenvalue weighted by Crippen LogP contribution is 2.53. The Morgan fingerprint density at radius 1 is 1.12 bits per heavy atom. The van der Waals surface area contributed by atoms with E-state index in [9.17, 15) is 14.6 Å². The lowest BCUT2D eigenvalue weighted by Crippen LogP contribution is -2.49. The van der Waals surface area contributed by atoms with Gasteiger partial charge in [-0.1, -0.05) is 30.3 Å². The van der Waals surface area contributed by atoms with Crippen molar-refractivity contribution in [3.63, 3.8) is 0 Å². The van der Waals surface area contributed by atoms with Crippen molar-refractivity contribution in [1.29, 1.82) is 0 Å². The summed E-state index contributed by atoms with van der Waals surface area (Å²) in [6.45, 7) is 0.382. The third kappa shape index (κ3) is 4.99. The van der Waals surface area contributed by atoms with Gasteiger partial charge in [0.25, 0.3) is 5.91 Å². The highest BCUT2D eigenvalue weighted by atomic mass is 31.2. The predicted molar refractivity (Wildman–Crippen MR) is 124 cm³/mol. The summed E-state index contributed by atoms with van der Waals surface area (Å²) < 4.78 is 27.5. The minimum absolute atomic E-state index is 0.145. The van der Waals surface area contributed by atoms with Crippen LogP contribution in [0.2, 0.25) is 0 Å². The second-order valence-corrected chi connectivity index (χ2v) is 10.0. The number of hydrogen-bond acceptors (Lipinski definition) is 6. The van der Waals surface area contributed by atoms with Gasteiger partial charge >= 0.3 is 7.52 Å². The van der Waals surface area contributed by atoms with Crippen LogP contribution in [0.4, 0.5) is 0 Å². The first kappa shape index (κ1) is 23.1. The molecule has 1 unspecified atom stereocenters. The van der Waals surface area contributed by atoms with Crippen molar-refractivity contribution < 1.29 is 23.8 Å². The van der Waals surface area contributed by atoms with Gasteiger partial charge in [0.2, 0.25) is 0 Å². The van der Waals surface area contributed by atoms with Crippen LogP contribution in [-0.2, 0) is 33.3 Å². The van der Waals surface area contributed by atoms with E-state index in [2.05, 4.69) is 4.98 Å². The Morgan fingerprint density at radius 2 is 1.85 bits per heavy atom. The number of rotatable bonds is 8. The van der Waals surface area contributed by atoms with Gasteiger partial charge < -0.3 is 9.26 Å². The molecule has 1 amide bonds. The van der Waals surface area contributed by atoms with Crippen LogP contribution in [0.5, 0.6) is 5.75 Å². The van der Waals surface area contributed by atoms with Gasteiger partial charge in [-0.25, -0.2) is 10.2 Å². The first-order chi connectivity index (χ1) is 16.0. The Hall–Kier alpha value is -3.03. The molecule has 8 nitrogen and oxygen atoms in total. The molecule has 3 aromatic rings. The normalized spacial score (nSPS) is 17.6. The van der Waals surface area contributed by atoms with Gasteiger partial charge in [0.05, 0.1) is 19.0 Å². The van der Waals surface area contributed by atoms with Crippen LogP contribution in [0.3, 0.4) is 0 Å². The molecular formula is C24H26N3O5P. The molecule has 1 aromatic heterocycles. The number of nitrogens with zero attached hydrogens (tertiary/aromatic N) is 2. The lowest BCUT2D eigenvalue weighted by molar-refractivity contribution is -0.133. The van der Waals surface area contributed by atoms with Gasteiger partial charge in [-0.3, -0.25) is 19.6 Å². The quantitative estimate of drug-likeness (QED) is 0.298. The van der Waals surface area contributed by atoms with Crippen molar-refractivity contribution in [3.8, 4) is 5.75 Å². The maximum atomic E-state index is 14.6. The molecule has 4 rings (SSSR count). The van der Waals surface area contributed by atoms with E-state index in [4.69, 9.17) is 9.26 Å². The molecule has 0 radical (unpaired) electrons. The van der Waals surface area contributed by atoms with Crippen molar-refractivity contribution in [3.05, 3.63) is 89.7 Å². The number of carbonyl (C=O) groups is 1. The number of pyridine rings is 1. The summed E-state index contributed by atoms with van der Waals surface area (Å²) in [4.78, 5) is 16.9. The fraction of sp³-hybridized carbons (Fsp3) is 0.250. The molecule has 1 aliphatic rings. The van der Waals surface area contributed by atoms with Crippen molar-refractivity contribution in [1.82, 2.24) is 15.1 Å². The average Bonchev–Trinajstić information content (AvgIpc) is 2.88. The molecule has 0 fully saturated rings. The fourth-order valence-electron chi connectivity index (χ4n) is 3.98. The summed E-state index contributed by atoms with van der Waals surface area (Å²) in [6.07, 6.45) is 2.45. The van der Waals surface area contributed by atoms with Gasteiger partial charge in [0, 0.05) is 24.9 Å². The maximum Gasteiger partial charge on any atom is 0.303 e. The molecular weight excluding hydrogens is 441 g/mol. The number of fused-ring (bicyclic) bond motifs is 1. The molecule has 0 aliphatic carbocycles. The number of hydroxylamine groups is 1. The predicted octanol–water partition coefficient (Wildman–Crippen LogP) is 3.10. The summed E-state index contributed by atoms with van der Waals surface area (Å²) in [5.41, 5.74) is 4.47. The molecule has 172 valence electrons. The Balaban J connectivity index is 1.71. The number of carbonyl (C=O) groups excluding carboxylic acids is 1. The largest absolute Gasteiger partial charge is 0.497 e. The molecule has 2 heterocycles. The zero-order valence-corrected chi connectivity index (χ0v) is 19.2. The third-order valence-electron chi connectivity index (χ3n) is 5.72. The topological polar surface area (TPSA) is 101 Å². The standard InChI is InChI=1S/C24H26N3O5P/c1-31-21-9-11-22(12-10-21)33(30,32-15-13-20-8-4-5-14-25-20)27-17-19-7-3-2-6-18(19)16-23(27)24(28)26-29/h2-12,14,23,29H,13,15-17H2,1H3,(H,26,28)/t23-,33?/m1/s1. The van der Waals surface area contributed by atoms with Crippen LogP contribution >= 0.6 is 7.52 Å². The monoisotopic (exact) mass is 467 g/mol. The Kier molecular flexibility index (Phi) is 7.20. The van der Waals surface area contributed by atoms with Crippen LogP contribution in [0.25, 0.3) is 0 Å². The summed E-state index contributed by atoms with van der Waals surface area (Å²) in [6, 6.07) is 19.2. The maximum absolute atomic E-state index is 14.6. The van der Waals surface area contributed by atoms with E-state index >= 15 is 0 Å². The highest BCUT2D eigenvalue weighted by molar-refractivity contribution is 7.64. The molecule has 33 heavy (non-hydrogen) atoms. The Labute approximate surface area is 192 Å². The lowest BCUT2D eigenvalue weighted by atomic mass is 9.95. The number of benzene rings is 2. The molecule has 0 saturated heterocycles. The number of aromatic nitrogens is 1. The molecule has 0 spiro atoms. The molecule has 0 bridgehead atoms. The number of ether oxygens (including phenoxy) is 1. The summed E-state index contributed by atoms with van der Waals surface area (Å²) in [5.74, 6) is -0.0148. The van der Waals surface area contributed by atoms with E-state index in [0.717, 1.165) is 16.8 Å². The Bertz CT molecular complexity index is 1140. The third-order valence-corrected chi connectivity index (χ3v) is 8.30. The summed E-state index contributed by atoms with van der Waals surface area (Å²) >= 11 is 0. The number of amides is 1. The first-order valence-electron chi connectivity index (χ1n) is 10.6. The molecule has 2 aromatic carbocycles. The minimum Gasteiger partial charge on any atom is -0.497 e.